The van der Waals surface area contributed by atoms with Gasteiger partial charge in [-0.15, -0.1) is 0 Å². The summed E-state index contributed by atoms with van der Waals surface area (Å²) < 4.78 is 17.9. The molecule has 4 saturated carbocycles. The molecule has 5 aliphatic carbocycles. The number of fused-ring (bicyclic) bond motifs is 9. The van der Waals surface area contributed by atoms with Gasteiger partial charge in [0.05, 0.1) is 11.3 Å². The molecule has 1 aliphatic heterocycles. The van der Waals surface area contributed by atoms with Crippen molar-refractivity contribution in [2.45, 2.75) is 96.1 Å². The number of carbonyl (C=O) groups excluding carboxylic acids is 4. The number of hydrogen-bond acceptors (Lipinski definition) is 9. The van der Waals surface area contributed by atoms with Crippen molar-refractivity contribution in [3.8, 4) is 0 Å². The van der Waals surface area contributed by atoms with E-state index >= 15 is 0 Å². The van der Waals surface area contributed by atoms with E-state index in [1.165, 1.54) is 13.8 Å². The molecule has 6 rings (SSSR count). The Balaban J connectivity index is 1.50. The molecule has 1 saturated heterocycles. The third kappa shape index (κ3) is 3.12. The van der Waals surface area contributed by atoms with E-state index in [-0.39, 0.29) is 29.5 Å². The standard InChI is InChI=1S/C29H38O9/c1-13-11-20-27(4,25(34)26(35)36-20)19-12-18-21-16(8-10-29(18,22(13)19)38-15(3)31)28(37-14(2)30)9-6-5-7-17(28)23(32)24(21)33/h11,13,16-19,21-22,24-25,33-34H,5-10,12H2,1-4H3. The highest BCUT2D eigenvalue weighted by Crippen LogP contribution is 2.70. The van der Waals surface area contributed by atoms with Gasteiger partial charge in [0.2, 0.25) is 0 Å². The number of allylic oxidation sites excluding steroid dienone is 1. The van der Waals surface area contributed by atoms with E-state index in [1.54, 1.807) is 0 Å². The maximum Gasteiger partial charge on any atom is 0.341 e. The molecule has 0 aromatic rings. The van der Waals surface area contributed by atoms with Crippen molar-refractivity contribution in [3.05, 3.63) is 11.8 Å². The fourth-order valence-corrected chi connectivity index (χ4v) is 10.2. The van der Waals surface area contributed by atoms with Crippen molar-refractivity contribution in [3.63, 3.8) is 0 Å². The van der Waals surface area contributed by atoms with Crippen LogP contribution in [0.5, 0.6) is 0 Å². The van der Waals surface area contributed by atoms with E-state index in [9.17, 15) is 29.4 Å². The van der Waals surface area contributed by atoms with Crippen LogP contribution >= 0.6 is 0 Å². The number of Topliss-reactive ketones (excluding diaryl/α,β-unsaturated/α-hetero) is 1. The highest BCUT2D eigenvalue weighted by atomic mass is 16.6. The van der Waals surface area contributed by atoms with E-state index in [0.29, 0.717) is 37.9 Å². The maximum absolute atomic E-state index is 13.8. The van der Waals surface area contributed by atoms with Crippen molar-refractivity contribution in [1.82, 2.24) is 0 Å². The minimum atomic E-state index is -1.35. The molecule has 0 aromatic carbocycles. The number of aliphatic hydroxyl groups excluding tert-OH is 2. The molecule has 2 N–H and O–H groups in total. The molecule has 12 unspecified atom stereocenters. The van der Waals surface area contributed by atoms with Crippen LogP contribution in [0.15, 0.2) is 11.8 Å². The summed E-state index contributed by atoms with van der Waals surface area (Å²) in [6, 6.07) is 0. The summed E-state index contributed by atoms with van der Waals surface area (Å²) >= 11 is 0. The number of aliphatic hydroxyl groups is 2. The number of rotatable bonds is 2. The fourth-order valence-electron chi connectivity index (χ4n) is 10.2. The molecule has 9 heteroatoms. The molecule has 6 aliphatic rings. The zero-order valence-electron chi connectivity index (χ0n) is 22.5. The first-order valence-electron chi connectivity index (χ1n) is 14.1. The highest BCUT2D eigenvalue weighted by molar-refractivity contribution is 5.88. The van der Waals surface area contributed by atoms with Gasteiger partial charge in [-0.05, 0) is 63.4 Å². The summed E-state index contributed by atoms with van der Waals surface area (Å²) in [5, 5.41) is 22.7. The van der Waals surface area contributed by atoms with Crippen molar-refractivity contribution in [1.29, 1.82) is 0 Å². The van der Waals surface area contributed by atoms with Crippen molar-refractivity contribution < 1.29 is 43.6 Å². The summed E-state index contributed by atoms with van der Waals surface area (Å²) in [6.07, 6.45) is 3.52. The van der Waals surface area contributed by atoms with Gasteiger partial charge in [0.1, 0.15) is 23.1 Å². The Hall–Kier alpha value is -2.26. The molecule has 208 valence electrons. The first kappa shape index (κ1) is 26.0. The van der Waals surface area contributed by atoms with Gasteiger partial charge in [-0.3, -0.25) is 14.4 Å². The number of carbonyl (C=O) groups is 4. The normalized spacial score (nSPS) is 50.9. The third-order valence-corrected chi connectivity index (χ3v) is 11.4. The van der Waals surface area contributed by atoms with Crippen LogP contribution in [0.25, 0.3) is 0 Å². The molecular formula is C29H38O9. The van der Waals surface area contributed by atoms with E-state index in [4.69, 9.17) is 14.2 Å². The minimum Gasteiger partial charge on any atom is -0.459 e. The smallest absolute Gasteiger partial charge is 0.341 e. The second-order valence-electron chi connectivity index (χ2n) is 12.9. The van der Waals surface area contributed by atoms with Crippen LogP contribution in [-0.4, -0.2) is 57.3 Å². The molecule has 38 heavy (non-hydrogen) atoms. The van der Waals surface area contributed by atoms with Crippen LogP contribution in [-0.2, 0) is 33.4 Å². The lowest BCUT2D eigenvalue weighted by Gasteiger charge is -2.60. The zero-order chi connectivity index (χ0) is 27.4. The highest BCUT2D eigenvalue weighted by Gasteiger charge is 2.75. The van der Waals surface area contributed by atoms with Crippen LogP contribution in [0.3, 0.4) is 0 Å². The molecular weight excluding hydrogens is 492 g/mol. The Labute approximate surface area is 222 Å². The molecule has 0 aromatic heterocycles. The monoisotopic (exact) mass is 530 g/mol. The molecule has 0 amide bonds. The Morgan fingerprint density at radius 1 is 0.974 bits per heavy atom. The van der Waals surface area contributed by atoms with Crippen LogP contribution < -0.4 is 0 Å². The Morgan fingerprint density at radius 3 is 2.34 bits per heavy atom. The van der Waals surface area contributed by atoms with Gasteiger partial charge in [-0.1, -0.05) is 13.3 Å². The van der Waals surface area contributed by atoms with E-state index in [2.05, 4.69) is 0 Å². The Bertz CT molecular complexity index is 1130. The van der Waals surface area contributed by atoms with Crippen LogP contribution in [0.4, 0.5) is 0 Å². The number of esters is 3. The summed E-state index contributed by atoms with van der Waals surface area (Å²) in [6.45, 7) is 6.57. The summed E-state index contributed by atoms with van der Waals surface area (Å²) in [5.74, 6) is -3.87. The lowest BCUT2D eigenvalue weighted by molar-refractivity contribution is -0.236. The number of hydrogen-bond donors (Lipinski definition) is 2. The Morgan fingerprint density at radius 2 is 1.66 bits per heavy atom. The predicted molar refractivity (Wildman–Crippen MR) is 131 cm³/mol. The molecule has 0 bridgehead atoms. The van der Waals surface area contributed by atoms with Crippen LogP contribution in [0.1, 0.15) is 72.6 Å². The third-order valence-electron chi connectivity index (χ3n) is 11.4. The SMILES string of the molecule is CC(=O)OC12CCCCC1C(=O)C(O)C1C2CCC2(OC(C)=O)C1CC1C2C(C)C=C2OC(=O)C(O)C21C. The van der Waals surface area contributed by atoms with Gasteiger partial charge in [-0.25, -0.2) is 4.79 Å². The molecule has 1 heterocycles. The van der Waals surface area contributed by atoms with Crippen molar-refractivity contribution in [2.75, 3.05) is 0 Å². The predicted octanol–water partition coefficient (Wildman–Crippen LogP) is 2.46. The van der Waals surface area contributed by atoms with Crippen LogP contribution in [0.2, 0.25) is 0 Å². The van der Waals surface area contributed by atoms with Gasteiger partial charge in [0, 0.05) is 37.5 Å². The second-order valence-corrected chi connectivity index (χ2v) is 12.9. The Kier molecular flexibility index (Phi) is 5.72. The quantitative estimate of drug-likeness (QED) is 0.407. The van der Waals surface area contributed by atoms with Crippen LogP contribution in [0, 0.1) is 46.8 Å². The maximum atomic E-state index is 13.8. The number of ether oxygens (including phenoxy) is 3. The van der Waals surface area contributed by atoms with Gasteiger partial charge in [0.25, 0.3) is 0 Å². The lowest BCUT2D eigenvalue weighted by atomic mass is 9.48. The second kappa shape index (κ2) is 8.37. The van der Waals surface area contributed by atoms with E-state index in [1.807, 2.05) is 19.9 Å². The molecule has 0 spiro atoms. The largest absolute Gasteiger partial charge is 0.459 e. The van der Waals surface area contributed by atoms with Crippen molar-refractivity contribution >= 4 is 23.7 Å². The molecule has 12 atom stereocenters. The molecule has 9 nitrogen and oxygen atoms in total. The zero-order valence-corrected chi connectivity index (χ0v) is 22.5. The average molecular weight is 531 g/mol. The minimum absolute atomic E-state index is 0.136. The first-order valence-corrected chi connectivity index (χ1v) is 14.1. The lowest BCUT2D eigenvalue weighted by Crippen LogP contribution is -2.69. The van der Waals surface area contributed by atoms with Gasteiger partial charge < -0.3 is 24.4 Å². The summed E-state index contributed by atoms with van der Waals surface area (Å²) in [7, 11) is 0. The molecule has 5 fully saturated rings. The first-order chi connectivity index (χ1) is 17.9. The average Bonchev–Trinajstić information content (AvgIpc) is 3.30. The van der Waals surface area contributed by atoms with E-state index in [0.717, 1.165) is 12.8 Å². The molecule has 0 radical (unpaired) electrons. The summed E-state index contributed by atoms with van der Waals surface area (Å²) in [5.41, 5.74) is -2.97. The summed E-state index contributed by atoms with van der Waals surface area (Å²) in [4.78, 5) is 51.3. The van der Waals surface area contributed by atoms with Gasteiger partial charge in [0.15, 0.2) is 11.9 Å². The van der Waals surface area contributed by atoms with Crippen molar-refractivity contribution in [2.24, 2.45) is 46.8 Å². The number of ketones is 1. The van der Waals surface area contributed by atoms with Gasteiger partial charge >= 0.3 is 17.9 Å². The van der Waals surface area contributed by atoms with Gasteiger partial charge in [-0.2, -0.15) is 0 Å². The topological polar surface area (TPSA) is 136 Å². The van der Waals surface area contributed by atoms with E-state index < -0.39 is 64.5 Å². The fraction of sp³-hybridized carbons (Fsp3) is 0.793.